The van der Waals surface area contributed by atoms with Crippen molar-refractivity contribution in [1.82, 2.24) is 4.90 Å². The van der Waals surface area contributed by atoms with Gasteiger partial charge in [-0.25, -0.2) is 0 Å². The van der Waals surface area contributed by atoms with Crippen molar-refractivity contribution in [2.45, 2.75) is 19.4 Å². The molecule has 1 saturated heterocycles. The van der Waals surface area contributed by atoms with Crippen LogP contribution in [0.5, 0.6) is 28.7 Å². The molecule has 152 valence electrons. The van der Waals surface area contributed by atoms with Gasteiger partial charge < -0.3 is 28.4 Å². The Hall–Kier alpha value is -2.19. The molecule has 0 aromatic heterocycles. The fraction of sp³-hybridized carbons (Fsp3) is 0.632. The van der Waals surface area contributed by atoms with Crippen LogP contribution in [0, 0.1) is 0 Å². The van der Waals surface area contributed by atoms with E-state index < -0.39 is 5.54 Å². The molecule has 1 fully saturated rings. The summed E-state index contributed by atoms with van der Waals surface area (Å²) in [6, 6.07) is 0. The minimum atomic E-state index is -0.811. The van der Waals surface area contributed by atoms with Crippen molar-refractivity contribution in [3.63, 3.8) is 0 Å². The summed E-state index contributed by atoms with van der Waals surface area (Å²) in [6.45, 7) is 6.24. The Balaban J connectivity index is 2.71. The first-order valence-corrected chi connectivity index (χ1v) is 8.70. The summed E-state index contributed by atoms with van der Waals surface area (Å²) in [6.07, 6.45) is 0. The average Bonchev–Trinajstić information content (AvgIpc) is 2.71. The first-order chi connectivity index (χ1) is 12.9. The lowest BCUT2D eigenvalue weighted by Crippen LogP contribution is -2.54. The number of hydrogen-bond donors (Lipinski definition) is 0. The van der Waals surface area contributed by atoms with E-state index in [-0.39, 0.29) is 34.3 Å². The van der Waals surface area contributed by atoms with Crippen LogP contribution in [0.3, 0.4) is 0 Å². The Bertz CT molecular complexity index is 648. The smallest absolute Gasteiger partial charge is 0.211 e. The van der Waals surface area contributed by atoms with Crippen LogP contribution in [-0.4, -0.2) is 78.1 Å². The van der Waals surface area contributed by atoms with Crippen molar-refractivity contribution in [2.24, 2.45) is 0 Å². The van der Waals surface area contributed by atoms with Gasteiger partial charge in [-0.15, -0.1) is 0 Å². The molecule has 1 heterocycles. The predicted molar refractivity (Wildman–Crippen MR) is 100 cm³/mol. The van der Waals surface area contributed by atoms with E-state index in [1.54, 1.807) is 0 Å². The van der Waals surface area contributed by atoms with Crippen LogP contribution in [0.15, 0.2) is 0 Å². The molecule has 0 spiro atoms. The second-order valence-corrected chi connectivity index (χ2v) is 6.53. The lowest BCUT2D eigenvalue weighted by molar-refractivity contribution is -0.00449. The standard InChI is InChI=1S/C19H29NO7/c1-19(2,20-8-10-27-11-9-20)18(21)12-13(22-3)15(24-5)17(26-7)16(25-6)14(12)23-4/h8-11H2,1-7H3. The Morgan fingerprint density at radius 2 is 1.15 bits per heavy atom. The van der Waals surface area contributed by atoms with Gasteiger partial charge >= 0.3 is 0 Å². The molecule has 27 heavy (non-hydrogen) atoms. The Morgan fingerprint density at radius 1 is 0.778 bits per heavy atom. The average molecular weight is 383 g/mol. The van der Waals surface area contributed by atoms with Gasteiger partial charge in [0.2, 0.25) is 17.2 Å². The summed E-state index contributed by atoms with van der Waals surface area (Å²) in [5.74, 6) is 1.18. The predicted octanol–water partition coefficient (Wildman–Crippen LogP) is 2.02. The van der Waals surface area contributed by atoms with Gasteiger partial charge in [0.15, 0.2) is 17.3 Å². The quantitative estimate of drug-likeness (QED) is 0.631. The van der Waals surface area contributed by atoms with Crippen LogP contribution in [0.4, 0.5) is 0 Å². The molecule has 1 aromatic carbocycles. The SMILES string of the molecule is COc1c(OC)c(OC)c(C(=O)C(C)(C)N2CCOCC2)c(OC)c1OC. The maximum Gasteiger partial charge on any atom is 0.211 e. The van der Waals surface area contributed by atoms with E-state index in [9.17, 15) is 4.79 Å². The topological polar surface area (TPSA) is 75.7 Å². The van der Waals surface area contributed by atoms with Crippen molar-refractivity contribution in [2.75, 3.05) is 61.9 Å². The van der Waals surface area contributed by atoms with Crippen LogP contribution >= 0.6 is 0 Å². The van der Waals surface area contributed by atoms with Gasteiger partial charge in [0.1, 0.15) is 5.56 Å². The zero-order chi connectivity index (χ0) is 20.2. The number of hydrogen-bond acceptors (Lipinski definition) is 8. The largest absolute Gasteiger partial charge is 0.492 e. The van der Waals surface area contributed by atoms with Crippen molar-refractivity contribution in [3.05, 3.63) is 5.56 Å². The highest BCUT2D eigenvalue weighted by Crippen LogP contribution is 2.54. The lowest BCUT2D eigenvalue weighted by Gasteiger charge is -2.40. The summed E-state index contributed by atoms with van der Waals surface area (Å²) in [4.78, 5) is 15.8. The Kier molecular flexibility index (Phi) is 6.78. The maximum atomic E-state index is 13.7. The third-order valence-electron chi connectivity index (χ3n) is 4.88. The molecule has 0 N–H and O–H groups in total. The van der Waals surface area contributed by atoms with E-state index in [0.29, 0.717) is 32.1 Å². The number of nitrogens with zero attached hydrogens (tertiary/aromatic N) is 1. The second kappa shape index (κ2) is 8.67. The van der Waals surface area contributed by atoms with Crippen LogP contribution < -0.4 is 23.7 Å². The van der Waals surface area contributed by atoms with E-state index in [4.69, 9.17) is 28.4 Å². The van der Waals surface area contributed by atoms with Gasteiger partial charge in [0.25, 0.3) is 0 Å². The molecular weight excluding hydrogens is 354 g/mol. The number of carbonyl (C=O) groups excluding carboxylic acids is 1. The summed E-state index contributed by atoms with van der Waals surface area (Å²) in [5, 5.41) is 0. The molecule has 0 saturated carbocycles. The molecule has 0 aliphatic carbocycles. The van der Waals surface area contributed by atoms with Crippen LogP contribution in [-0.2, 0) is 4.74 Å². The monoisotopic (exact) mass is 383 g/mol. The number of benzene rings is 1. The highest BCUT2D eigenvalue weighted by molar-refractivity contribution is 6.09. The Labute approximate surface area is 160 Å². The number of methoxy groups -OCH3 is 5. The highest BCUT2D eigenvalue weighted by atomic mass is 16.6. The normalized spacial score (nSPS) is 15.2. The van der Waals surface area contributed by atoms with E-state index in [2.05, 4.69) is 4.90 Å². The highest BCUT2D eigenvalue weighted by Gasteiger charge is 2.42. The Morgan fingerprint density at radius 3 is 1.52 bits per heavy atom. The van der Waals surface area contributed by atoms with Crippen molar-refractivity contribution in [1.29, 1.82) is 0 Å². The number of morpholine rings is 1. The van der Waals surface area contributed by atoms with Crippen LogP contribution in [0.2, 0.25) is 0 Å². The maximum absolute atomic E-state index is 13.7. The summed E-state index contributed by atoms with van der Waals surface area (Å²) in [5.41, 5.74) is -0.555. The molecule has 8 heteroatoms. The summed E-state index contributed by atoms with van der Waals surface area (Å²) in [7, 11) is 7.39. The molecule has 2 rings (SSSR count). The minimum Gasteiger partial charge on any atom is -0.492 e. The number of Topliss-reactive ketones (excluding diaryl/α,β-unsaturated/α-hetero) is 1. The van der Waals surface area contributed by atoms with Gasteiger partial charge in [-0.05, 0) is 13.8 Å². The molecule has 0 atom stereocenters. The van der Waals surface area contributed by atoms with Crippen LogP contribution in [0.25, 0.3) is 0 Å². The van der Waals surface area contributed by atoms with Gasteiger partial charge in [-0.3, -0.25) is 9.69 Å². The van der Waals surface area contributed by atoms with E-state index in [1.165, 1.54) is 35.5 Å². The lowest BCUT2D eigenvalue weighted by atomic mass is 9.89. The molecule has 1 aromatic rings. The molecule has 0 unspecified atom stereocenters. The number of rotatable bonds is 8. The van der Waals surface area contributed by atoms with Gasteiger partial charge in [0.05, 0.1) is 54.3 Å². The zero-order valence-corrected chi connectivity index (χ0v) is 17.1. The zero-order valence-electron chi connectivity index (χ0n) is 17.1. The van der Waals surface area contributed by atoms with E-state index in [1.807, 2.05) is 13.8 Å². The third-order valence-corrected chi connectivity index (χ3v) is 4.88. The number of ketones is 1. The molecule has 1 aliphatic rings. The van der Waals surface area contributed by atoms with Crippen molar-refractivity contribution < 1.29 is 33.2 Å². The first kappa shape index (κ1) is 21.1. The summed E-state index contributed by atoms with van der Waals surface area (Å²) >= 11 is 0. The van der Waals surface area contributed by atoms with Crippen molar-refractivity contribution in [3.8, 4) is 28.7 Å². The van der Waals surface area contributed by atoms with Crippen LogP contribution in [0.1, 0.15) is 24.2 Å². The minimum absolute atomic E-state index is 0.169. The molecule has 0 radical (unpaired) electrons. The summed E-state index contributed by atoms with van der Waals surface area (Å²) < 4.78 is 32.9. The van der Waals surface area contributed by atoms with Crippen molar-refractivity contribution >= 4 is 5.78 Å². The van der Waals surface area contributed by atoms with E-state index in [0.717, 1.165) is 0 Å². The number of ether oxygens (including phenoxy) is 6. The first-order valence-electron chi connectivity index (χ1n) is 8.70. The molecule has 0 amide bonds. The number of carbonyl (C=O) groups is 1. The molecule has 1 aliphatic heterocycles. The third kappa shape index (κ3) is 3.64. The van der Waals surface area contributed by atoms with Gasteiger partial charge in [-0.2, -0.15) is 0 Å². The molecule has 8 nitrogen and oxygen atoms in total. The second-order valence-electron chi connectivity index (χ2n) is 6.53. The fourth-order valence-electron chi connectivity index (χ4n) is 3.36. The van der Waals surface area contributed by atoms with Gasteiger partial charge in [0, 0.05) is 13.1 Å². The molecular formula is C19H29NO7. The molecule has 0 bridgehead atoms. The fourth-order valence-corrected chi connectivity index (χ4v) is 3.36. The van der Waals surface area contributed by atoms with Gasteiger partial charge in [-0.1, -0.05) is 0 Å². The van der Waals surface area contributed by atoms with E-state index >= 15 is 0 Å².